The lowest BCUT2D eigenvalue weighted by molar-refractivity contribution is -0.123. The summed E-state index contributed by atoms with van der Waals surface area (Å²) in [6, 6.07) is 5.78. The van der Waals surface area contributed by atoms with Crippen molar-refractivity contribution in [2.75, 3.05) is 12.0 Å². The largest absolute Gasteiger partial charge is 0.744 e. The molecule has 0 spiro atoms. The van der Waals surface area contributed by atoms with E-state index in [1.165, 1.54) is 12.1 Å². The van der Waals surface area contributed by atoms with Crippen LogP contribution in [0.2, 0.25) is 0 Å². The van der Waals surface area contributed by atoms with Gasteiger partial charge in [0.15, 0.2) is 11.5 Å². The number of hydrogen-bond acceptors (Lipinski definition) is 4. The normalized spacial score (nSPS) is 13.7. The molecule has 0 radical (unpaired) electrons. The highest BCUT2D eigenvalue weighted by Crippen LogP contribution is 2.21. The summed E-state index contributed by atoms with van der Waals surface area (Å²) < 4.78 is 31.4. The van der Waals surface area contributed by atoms with E-state index in [2.05, 4.69) is 27.0 Å². The molecule has 0 N–H and O–H groups in total. The summed E-state index contributed by atoms with van der Waals surface area (Å²) in [4.78, 5) is 11.6. The van der Waals surface area contributed by atoms with Crippen LogP contribution in [-0.2, 0) is 25.8 Å². The van der Waals surface area contributed by atoms with Crippen molar-refractivity contribution in [1.29, 1.82) is 0 Å². The number of aryl methyl sites for hydroxylation is 1. The van der Waals surface area contributed by atoms with Crippen LogP contribution in [0.15, 0.2) is 29.2 Å². The molecule has 0 saturated heterocycles. The van der Waals surface area contributed by atoms with Gasteiger partial charge in [0, 0.05) is 5.41 Å². The van der Waals surface area contributed by atoms with E-state index in [1.807, 2.05) is 27.7 Å². The maximum Gasteiger partial charge on any atom is 0.187 e. The highest BCUT2D eigenvalue weighted by Gasteiger charge is 2.35. The molecule has 1 aromatic rings. The molecule has 1 rings (SSSR count). The molecule has 138 valence electrons. The molecule has 4 nitrogen and oxygen atoms in total. The van der Waals surface area contributed by atoms with Gasteiger partial charge in [0.1, 0.15) is 14.9 Å². The van der Waals surface area contributed by atoms with Crippen molar-refractivity contribution in [3.8, 4) is 0 Å². The minimum Gasteiger partial charge on any atom is -0.744 e. The molecule has 0 aliphatic carbocycles. The van der Waals surface area contributed by atoms with E-state index in [0.29, 0.717) is 5.78 Å². The van der Waals surface area contributed by atoms with Crippen LogP contribution in [0.5, 0.6) is 0 Å². The highest BCUT2D eigenvalue weighted by molar-refractivity contribution is 7.98. The molecule has 0 aromatic heterocycles. The van der Waals surface area contributed by atoms with Crippen molar-refractivity contribution in [2.45, 2.75) is 58.1 Å². The van der Waals surface area contributed by atoms with Crippen LogP contribution in [0.25, 0.3) is 0 Å². The fourth-order valence-electron chi connectivity index (χ4n) is 1.33. The zero-order valence-electron chi connectivity index (χ0n) is 16.0. The van der Waals surface area contributed by atoms with Crippen LogP contribution in [0.4, 0.5) is 0 Å². The summed E-state index contributed by atoms with van der Waals surface area (Å²) in [5, 5.41) is 0. The van der Waals surface area contributed by atoms with Gasteiger partial charge >= 0.3 is 0 Å². The van der Waals surface area contributed by atoms with E-state index >= 15 is 0 Å². The number of ketones is 1. The van der Waals surface area contributed by atoms with Gasteiger partial charge in [0.05, 0.1) is 11.2 Å². The van der Waals surface area contributed by atoms with E-state index in [-0.39, 0.29) is 26.0 Å². The van der Waals surface area contributed by atoms with Gasteiger partial charge in [0.25, 0.3) is 0 Å². The molecular formula is C18H30O4S2. The Labute approximate surface area is 150 Å². The molecule has 0 amide bonds. The predicted molar refractivity (Wildman–Crippen MR) is 102 cm³/mol. The first kappa shape index (κ1) is 23.1. The third-order valence-electron chi connectivity index (χ3n) is 3.54. The number of rotatable bonds is 3. The Morgan fingerprint density at radius 2 is 1.46 bits per heavy atom. The Kier molecular flexibility index (Phi) is 8.20. The molecule has 6 heteroatoms. The SMILES string of the molecule is C[S+](CC(=O)C(C)(C)C)C(C)(C)C.Cc1ccc(S(=O)(=O)[O-])cc1. The summed E-state index contributed by atoms with van der Waals surface area (Å²) in [6.45, 7) is 14.4. The lowest BCUT2D eigenvalue weighted by atomic mass is 9.92. The number of benzene rings is 1. The first-order chi connectivity index (χ1) is 10.5. The Hall–Kier alpha value is -0.850. The zero-order valence-corrected chi connectivity index (χ0v) is 17.6. The third kappa shape index (κ3) is 8.85. The second-order valence-electron chi connectivity index (χ2n) is 7.83. The molecule has 0 fully saturated rings. The van der Waals surface area contributed by atoms with Gasteiger partial charge in [0.2, 0.25) is 0 Å². The van der Waals surface area contributed by atoms with Crippen LogP contribution in [0, 0.1) is 12.3 Å². The molecule has 1 aromatic carbocycles. The minimum atomic E-state index is -4.27. The maximum atomic E-state index is 11.7. The van der Waals surface area contributed by atoms with E-state index in [9.17, 15) is 17.8 Å². The van der Waals surface area contributed by atoms with Gasteiger partial charge in [-0.3, -0.25) is 4.79 Å². The molecule has 0 aliphatic heterocycles. The minimum absolute atomic E-state index is 0.174. The molecule has 24 heavy (non-hydrogen) atoms. The van der Waals surface area contributed by atoms with Crippen LogP contribution >= 0.6 is 0 Å². The molecule has 0 aliphatic rings. The summed E-state index contributed by atoms with van der Waals surface area (Å²) >= 11 is 0. The van der Waals surface area contributed by atoms with Gasteiger partial charge in [-0.25, -0.2) is 8.42 Å². The average molecular weight is 375 g/mol. The second-order valence-corrected chi connectivity index (χ2v) is 12.0. The smallest absolute Gasteiger partial charge is 0.187 e. The first-order valence-corrected chi connectivity index (χ1v) is 10.9. The summed E-state index contributed by atoms with van der Waals surface area (Å²) in [6.07, 6.45) is 2.18. The predicted octanol–water partition coefficient (Wildman–Crippen LogP) is 3.55. The summed E-state index contributed by atoms with van der Waals surface area (Å²) in [5.74, 6) is 1.11. The zero-order chi connectivity index (χ0) is 19.3. The standard InChI is InChI=1S/C11H23OS.C7H8O3S/c1-10(2,3)9(12)8-13(7)11(4,5)6;1-6-2-4-7(5-3-6)11(8,9)10/h8H2,1-7H3;2-5H,1H3,(H,8,9,10)/q+1;/p-1. The fraction of sp³-hybridized carbons (Fsp3) is 0.611. The quantitative estimate of drug-likeness (QED) is 0.599. The monoisotopic (exact) mass is 374 g/mol. The molecule has 0 saturated carbocycles. The van der Waals surface area contributed by atoms with Crippen molar-refractivity contribution in [1.82, 2.24) is 0 Å². The number of carbonyl (C=O) groups excluding carboxylic acids is 1. The molecular weight excluding hydrogens is 344 g/mol. The summed E-state index contributed by atoms with van der Waals surface area (Å²) in [7, 11) is -4.08. The Morgan fingerprint density at radius 3 is 1.75 bits per heavy atom. The van der Waals surface area contributed by atoms with Crippen LogP contribution in [0.1, 0.15) is 47.1 Å². The Bertz CT molecular complexity index is 633. The van der Waals surface area contributed by atoms with E-state index in [0.717, 1.165) is 11.3 Å². The topological polar surface area (TPSA) is 74.3 Å². The molecule has 0 heterocycles. The van der Waals surface area contributed by atoms with E-state index < -0.39 is 10.1 Å². The molecule has 1 unspecified atom stereocenters. The van der Waals surface area contributed by atoms with Crippen molar-refractivity contribution >= 4 is 26.8 Å². The number of Topliss-reactive ketones (excluding diaryl/α,β-unsaturated/α-hetero) is 1. The maximum absolute atomic E-state index is 11.7. The van der Waals surface area contributed by atoms with Crippen molar-refractivity contribution in [3.63, 3.8) is 0 Å². The summed E-state index contributed by atoms with van der Waals surface area (Å²) in [5.41, 5.74) is 0.754. The van der Waals surface area contributed by atoms with Crippen molar-refractivity contribution in [2.24, 2.45) is 5.41 Å². The van der Waals surface area contributed by atoms with E-state index in [1.54, 1.807) is 12.1 Å². The Balaban J connectivity index is 0.000000446. The Morgan fingerprint density at radius 1 is 1.04 bits per heavy atom. The van der Waals surface area contributed by atoms with E-state index in [4.69, 9.17) is 0 Å². The third-order valence-corrected chi connectivity index (χ3v) is 7.17. The molecule has 0 bridgehead atoms. The van der Waals surface area contributed by atoms with Gasteiger partial charge in [-0.1, -0.05) is 38.5 Å². The van der Waals surface area contributed by atoms with Crippen LogP contribution < -0.4 is 0 Å². The van der Waals surface area contributed by atoms with Crippen LogP contribution in [-0.4, -0.2) is 35.5 Å². The van der Waals surface area contributed by atoms with Gasteiger partial charge in [-0.05, 0) is 50.7 Å². The van der Waals surface area contributed by atoms with Gasteiger partial charge in [-0.15, -0.1) is 0 Å². The van der Waals surface area contributed by atoms with Gasteiger partial charge in [-0.2, -0.15) is 0 Å². The number of hydrogen-bond donors (Lipinski definition) is 0. The lowest BCUT2D eigenvalue weighted by Gasteiger charge is -2.21. The molecule has 1 atom stereocenters. The van der Waals surface area contributed by atoms with Gasteiger partial charge < -0.3 is 4.55 Å². The van der Waals surface area contributed by atoms with Crippen LogP contribution in [0.3, 0.4) is 0 Å². The van der Waals surface area contributed by atoms with Crippen molar-refractivity contribution < 1.29 is 17.8 Å². The highest BCUT2D eigenvalue weighted by atomic mass is 32.2. The van der Waals surface area contributed by atoms with Crippen molar-refractivity contribution in [3.05, 3.63) is 29.8 Å². The first-order valence-electron chi connectivity index (χ1n) is 7.73. The second kappa shape index (κ2) is 8.50. The fourth-order valence-corrected chi connectivity index (χ4v) is 3.06. The average Bonchev–Trinajstić information content (AvgIpc) is 2.36. The lowest BCUT2D eigenvalue weighted by Crippen LogP contribution is -2.36. The number of carbonyl (C=O) groups is 1.